The zero-order valence-electron chi connectivity index (χ0n) is 11.5. The van der Waals surface area contributed by atoms with Gasteiger partial charge in [0.15, 0.2) is 0 Å². The average Bonchev–Trinajstić information content (AvgIpc) is 2.95. The monoisotopic (exact) mass is 282 g/mol. The van der Waals surface area contributed by atoms with Crippen molar-refractivity contribution in [2.75, 3.05) is 12.4 Å². The van der Waals surface area contributed by atoms with E-state index in [2.05, 4.69) is 20.5 Å². The number of carbonyl (C=O) groups is 1. The van der Waals surface area contributed by atoms with Crippen molar-refractivity contribution in [2.45, 2.75) is 6.61 Å². The third kappa shape index (κ3) is 2.43. The van der Waals surface area contributed by atoms with Gasteiger partial charge in [0.05, 0.1) is 5.52 Å². The number of fused-ring (bicyclic) bond motifs is 1. The highest BCUT2D eigenvalue weighted by atomic mass is 16.5. The number of benzene rings is 1. The summed E-state index contributed by atoms with van der Waals surface area (Å²) in [6.07, 6.45) is 3.46. The molecule has 106 valence electrons. The van der Waals surface area contributed by atoms with Crippen LogP contribution >= 0.6 is 0 Å². The van der Waals surface area contributed by atoms with Crippen molar-refractivity contribution in [3.05, 3.63) is 42.2 Å². The molecule has 3 rings (SSSR count). The molecule has 2 N–H and O–H groups in total. The summed E-state index contributed by atoms with van der Waals surface area (Å²) < 4.78 is 4.87. The summed E-state index contributed by atoms with van der Waals surface area (Å²) in [6, 6.07) is 7.74. The topological polar surface area (TPSA) is 79.9 Å². The van der Waals surface area contributed by atoms with Crippen LogP contribution in [-0.2, 0) is 16.1 Å². The Hall–Kier alpha value is -2.89. The first-order valence-corrected chi connectivity index (χ1v) is 6.48. The molecule has 2 heterocycles. The molecule has 0 saturated heterocycles. The molecule has 0 spiro atoms. The van der Waals surface area contributed by atoms with Crippen molar-refractivity contribution in [3.63, 3.8) is 0 Å². The maximum atomic E-state index is 10.4. The van der Waals surface area contributed by atoms with E-state index in [1.165, 1.54) is 0 Å². The van der Waals surface area contributed by atoms with Gasteiger partial charge in [-0.1, -0.05) is 0 Å². The molecule has 0 amide bonds. The highest BCUT2D eigenvalue weighted by Crippen LogP contribution is 2.30. The van der Waals surface area contributed by atoms with Crippen LogP contribution in [0.4, 0.5) is 5.69 Å². The Morgan fingerprint density at radius 3 is 2.86 bits per heavy atom. The van der Waals surface area contributed by atoms with E-state index in [0.29, 0.717) is 6.47 Å². The van der Waals surface area contributed by atoms with Gasteiger partial charge in [0.2, 0.25) is 0 Å². The first-order valence-electron chi connectivity index (χ1n) is 6.48. The summed E-state index contributed by atoms with van der Waals surface area (Å²) in [6.45, 7) is 0.666. The molecular formula is C15H14N4O2. The first-order chi connectivity index (χ1) is 10.3. The summed E-state index contributed by atoms with van der Waals surface area (Å²) in [7, 11) is 1.83. The molecule has 0 fully saturated rings. The van der Waals surface area contributed by atoms with E-state index in [1.807, 2.05) is 31.3 Å². The zero-order valence-corrected chi connectivity index (χ0v) is 11.5. The molecule has 0 atom stereocenters. The lowest BCUT2D eigenvalue weighted by Gasteiger charge is -2.09. The van der Waals surface area contributed by atoms with Gasteiger partial charge in [0.1, 0.15) is 12.3 Å². The second-order valence-electron chi connectivity index (χ2n) is 4.52. The van der Waals surface area contributed by atoms with E-state index in [1.54, 1.807) is 12.4 Å². The second kappa shape index (κ2) is 5.62. The van der Waals surface area contributed by atoms with Crippen LogP contribution in [0.15, 0.2) is 36.7 Å². The predicted molar refractivity (Wildman–Crippen MR) is 79.7 cm³/mol. The van der Waals surface area contributed by atoms with Crippen LogP contribution in [0.5, 0.6) is 0 Å². The Morgan fingerprint density at radius 2 is 2.14 bits per heavy atom. The van der Waals surface area contributed by atoms with Crippen molar-refractivity contribution in [3.8, 4) is 11.3 Å². The van der Waals surface area contributed by atoms with Gasteiger partial charge >= 0.3 is 0 Å². The van der Waals surface area contributed by atoms with E-state index < -0.39 is 0 Å². The third-order valence-corrected chi connectivity index (χ3v) is 3.32. The molecule has 1 aromatic carbocycles. The quantitative estimate of drug-likeness (QED) is 0.702. The fourth-order valence-electron chi connectivity index (χ4n) is 2.32. The van der Waals surface area contributed by atoms with Gasteiger partial charge in [-0.15, -0.1) is 0 Å². The largest absolute Gasteiger partial charge is 0.463 e. The summed E-state index contributed by atoms with van der Waals surface area (Å²) in [5.41, 5.74) is 4.54. The maximum absolute atomic E-state index is 10.4. The molecule has 0 aliphatic carbocycles. The summed E-state index contributed by atoms with van der Waals surface area (Å²) in [5.74, 6) is 0. The SMILES string of the molecule is CNc1cc2[nH]nc(-c3ccncc3)c2cc1COC=O. The minimum atomic E-state index is 0.219. The molecule has 0 radical (unpaired) electrons. The number of hydrogen-bond donors (Lipinski definition) is 2. The minimum absolute atomic E-state index is 0.219. The van der Waals surface area contributed by atoms with E-state index >= 15 is 0 Å². The Bertz CT molecular complexity index is 768. The number of nitrogens with zero attached hydrogens (tertiary/aromatic N) is 2. The van der Waals surface area contributed by atoms with Crippen LogP contribution in [0.3, 0.4) is 0 Å². The number of hydrogen-bond acceptors (Lipinski definition) is 5. The number of pyridine rings is 1. The Labute approximate surface area is 121 Å². The number of rotatable bonds is 5. The predicted octanol–water partition coefficient (Wildman–Crippen LogP) is 2.34. The van der Waals surface area contributed by atoms with Crippen LogP contribution in [-0.4, -0.2) is 28.7 Å². The maximum Gasteiger partial charge on any atom is 0.293 e. The van der Waals surface area contributed by atoms with Gasteiger partial charge < -0.3 is 10.1 Å². The normalized spacial score (nSPS) is 10.5. The molecule has 3 aromatic rings. The Balaban J connectivity index is 2.14. The smallest absolute Gasteiger partial charge is 0.293 e. The van der Waals surface area contributed by atoms with Crippen molar-refractivity contribution in [2.24, 2.45) is 0 Å². The molecule has 0 aliphatic heterocycles. The van der Waals surface area contributed by atoms with Gasteiger partial charge in [0.25, 0.3) is 6.47 Å². The number of H-pyrrole nitrogens is 1. The number of anilines is 1. The van der Waals surface area contributed by atoms with Gasteiger partial charge in [-0.3, -0.25) is 14.9 Å². The van der Waals surface area contributed by atoms with Crippen LogP contribution in [0, 0.1) is 0 Å². The molecule has 6 nitrogen and oxygen atoms in total. The molecule has 0 saturated carbocycles. The first kappa shape index (κ1) is 13.1. The number of aromatic amines is 1. The second-order valence-corrected chi connectivity index (χ2v) is 4.52. The molecule has 21 heavy (non-hydrogen) atoms. The third-order valence-electron chi connectivity index (χ3n) is 3.32. The van der Waals surface area contributed by atoms with Gasteiger partial charge in [-0.2, -0.15) is 5.10 Å². The molecule has 0 unspecified atom stereocenters. The van der Waals surface area contributed by atoms with Crippen LogP contribution in [0.1, 0.15) is 5.56 Å². The molecule has 0 aliphatic rings. The van der Waals surface area contributed by atoms with Crippen LogP contribution in [0.2, 0.25) is 0 Å². The van der Waals surface area contributed by atoms with Crippen LogP contribution < -0.4 is 5.32 Å². The molecular weight excluding hydrogens is 268 g/mol. The Kier molecular flexibility index (Phi) is 3.51. The zero-order chi connectivity index (χ0) is 14.7. The van der Waals surface area contributed by atoms with E-state index in [4.69, 9.17) is 4.74 Å². The standard InChI is InChI=1S/C15H14N4O2/c1-16-13-7-14-12(6-11(13)8-21-9-20)15(19-18-14)10-2-4-17-5-3-10/h2-7,9,16H,8H2,1H3,(H,18,19). The van der Waals surface area contributed by atoms with Gasteiger partial charge in [-0.05, 0) is 24.3 Å². The van der Waals surface area contributed by atoms with Crippen LogP contribution in [0.25, 0.3) is 22.2 Å². The fourth-order valence-corrected chi connectivity index (χ4v) is 2.32. The number of aromatic nitrogens is 3. The van der Waals surface area contributed by atoms with Crippen molar-refractivity contribution in [1.82, 2.24) is 15.2 Å². The van der Waals surface area contributed by atoms with Gasteiger partial charge in [-0.25, -0.2) is 0 Å². The summed E-state index contributed by atoms with van der Waals surface area (Å²) in [4.78, 5) is 14.4. The lowest BCUT2D eigenvalue weighted by atomic mass is 10.1. The minimum Gasteiger partial charge on any atom is -0.463 e. The van der Waals surface area contributed by atoms with E-state index in [-0.39, 0.29) is 6.61 Å². The van der Waals surface area contributed by atoms with E-state index in [9.17, 15) is 4.79 Å². The molecule has 2 aromatic heterocycles. The number of carbonyl (C=O) groups excluding carboxylic acids is 1. The summed E-state index contributed by atoms with van der Waals surface area (Å²) >= 11 is 0. The highest BCUT2D eigenvalue weighted by Gasteiger charge is 2.12. The fraction of sp³-hybridized carbons (Fsp3) is 0.133. The Morgan fingerprint density at radius 1 is 1.33 bits per heavy atom. The van der Waals surface area contributed by atoms with Gasteiger partial charge in [0, 0.05) is 41.6 Å². The number of ether oxygens (including phenoxy) is 1. The lowest BCUT2D eigenvalue weighted by Crippen LogP contribution is -1.98. The molecule has 0 bridgehead atoms. The summed E-state index contributed by atoms with van der Waals surface area (Å²) in [5, 5.41) is 11.5. The van der Waals surface area contributed by atoms with Crippen molar-refractivity contribution < 1.29 is 9.53 Å². The average molecular weight is 282 g/mol. The van der Waals surface area contributed by atoms with E-state index in [0.717, 1.165) is 33.4 Å². The molecule has 6 heteroatoms. The number of nitrogens with one attached hydrogen (secondary N) is 2. The van der Waals surface area contributed by atoms with Crippen molar-refractivity contribution >= 4 is 23.1 Å². The highest BCUT2D eigenvalue weighted by molar-refractivity contribution is 5.95. The van der Waals surface area contributed by atoms with Crippen molar-refractivity contribution in [1.29, 1.82) is 0 Å². The lowest BCUT2D eigenvalue weighted by molar-refractivity contribution is -0.129.